The van der Waals surface area contributed by atoms with Gasteiger partial charge in [0.05, 0.1) is 5.54 Å². The van der Waals surface area contributed by atoms with Crippen LogP contribution in [0.2, 0.25) is 0 Å². The number of hydrogen-bond donors (Lipinski definition) is 1. The molecule has 0 saturated carbocycles. The molecule has 1 aromatic carbocycles. The fourth-order valence-corrected chi connectivity index (χ4v) is 2.04. The Bertz CT molecular complexity index is 363. The quantitative estimate of drug-likeness (QED) is 0.852. The highest BCUT2D eigenvalue weighted by Crippen LogP contribution is 2.33. The van der Waals surface area contributed by atoms with Gasteiger partial charge in [0.1, 0.15) is 6.61 Å². The first-order valence-corrected chi connectivity index (χ1v) is 5.81. The first-order chi connectivity index (χ1) is 7.63. The molecule has 2 N–H and O–H groups in total. The Labute approximate surface area is 96.5 Å². The van der Waals surface area contributed by atoms with Crippen LogP contribution in [0, 0.1) is 0 Å². The molecule has 2 atom stereocenters. The maximum Gasteiger partial charge on any atom is 0.161 e. The number of fused-ring (bicyclic) bond motifs is 1. The molecule has 0 spiro atoms. The molecule has 1 aliphatic rings. The molecule has 0 saturated heterocycles. The lowest BCUT2D eigenvalue weighted by Crippen LogP contribution is -2.54. The van der Waals surface area contributed by atoms with Crippen molar-refractivity contribution >= 4 is 0 Å². The zero-order chi connectivity index (χ0) is 11.6. The van der Waals surface area contributed by atoms with Crippen LogP contribution in [0.25, 0.3) is 0 Å². The van der Waals surface area contributed by atoms with Gasteiger partial charge >= 0.3 is 0 Å². The second-order valence-corrected chi connectivity index (χ2v) is 4.62. The molecule has 88 valence electrons. The molecular weight excluding hydrogens is 202 g/mol. The van der Waals surface area contributed by atoms with Crippen LogP contribution in [0.15, 0.2) is 24.3 Å². The fourth-order valence-electron chi connectivity index (χ4n) is 2.04. The molecule has 1 heterocycles. The summed E-state index contributed by atoms with van der Waals surface area (Å²) >= 11 is 0. The van der Waals surface area contributed by atoms with Crippen molar-refractivity contribution in [3.05, 3.63) is 24.3 Å². The van der Waals surface area contributed by atoms with Crippen molar-refractivity contribution in [2.24, 2.45) is 5.73 Å². The summed E-state index contributed by atoms with van der Waals surface area (Å²) in [6.07, 6.45) is 1.92. The first kappa shape index (κ1) is 11.3. The summed E-state index contributed by atoms with van der Waals surface area (Å²) in [5.74, 6) is 1.61. The highest BCUT2D eigenvalue weighted by atomic mass is 16.6. The number of benzene rings is 1. The van der Waals surface area contributed by atoms with Crippen LogP contribution >= 0.6 is 0 Å². The number of ether oxygens (including phenoxy) is 2. The maximum atomic E-state index is 6.25. The molecule has 0 bridgehead atoms. The van der Waals surface area contributed by atoms with Crippen LogP contribution in [0.4, 0.5) is 0 Å². The second kappa shape index (κ2) is 4.34. The van der Waals surface area contributed by atoms with Crippen molar-refractivity contribution in [2.75, 3.05) is 6.61 Å². The third kappa shape index (κ3) is 2.14. The average Bonchev–Trinajstić information content (AvgIpc) is 2.28. The molecule has 1 aromatic rings. The van der Waals surface area contributed by atoms with E-state index in [9.17, 15) is 0 Å². The van der Waals surface area contributed by atoms with Gasteiger partial charge in [-0.2, -0.15) is 0 Å². The van der Waals surface area contributed by atoms with Crippen LogP contribution in [-0.2, 0) is 0 Å². The first-order valence-electron chi connectivity index (χ1n) is 5.81. The molecule has 0 aromatic heterocycles. The van der Waals surface area contributed by atoms with Gasteiger partial charge < -0.3 is 15.2 Å². The van der Waals surface area contributed by atoms with Gasteiger partial charge in [0.2, 0.25) is 0 Å². The van der Waals surface area contributed by atoms with Crippen LogP contribution in [0.5, 0.6) is 11.5 Å². The number of rotatable bonds is 3. The Balaban J connectivity index is 2.13. The van der Waals surface area contributed by atoms with E-state index < -0.39 is 0 Å². The minimum Gasteiger partial charge on any atom is -0.486 e. The van der Waals surface area contributed by atoms with Gasteiger partial charge in [0.15, 0.2) is 17.6 Å². The van der Waals surface area contributed by atoms with Crippen LogP contribution in [0.3, 0.4) is 0 Å². The van der Waals surface area contributed by atoms with E-state index in [4.69, 9.17) is 15.2 Å². The summed E-state index contributed by atoms with van der Waals surface area (Å²) in [6, 6.07) is 7.72. The standard InChI is InChI=1S/C13H19NO2/c1-3-8-13(2,14)12-9-15-10-6-4-5-7-11(10)16-12/h4-7,12H,3,8-9,14H2,1-2H3. The van der Waals surface area contributed by atoms with E-state index >= 15 is 0 Å². The SMILES string of the molecule is CCCC(C)(N)C1COc2ccccc2O1. The number of hydrogen-bond acceptors (Lipinski definition) is 3. The molecule has 0 fully saturated rings. The molecule has 3 heteroatoms. The summed E-state index contributed by atoms with van der Waals surface area (Å²) in [5.41, 5.74) is 5.92. The maximum absolute atomic E-state index is 6.25. The minimum atomic E-state index is -0.331. The molecule has 0 radical (unpaired) electrons. The van der Waals surface area contributed by atoms with Crippen molar-refractivity contribution in [3.8, 4) is 11.5 Å². The lowest BCUT2D eigenvalue weighted by Gasteiger charge is -2.37. The normalized spacial score (nSPS) is 22.6. The summed E-state index contributed by atoms with van der Waals surface area (Å²) in [4.78, 5) is 0. The Kier molecular flexibility index (Phi) is 3.06. The van der Waals surface area contributed by atoms with Gasteiger partial charge in [-0.3, -0.25) is 0 Å². The molecule has 1 aliphatic heterocycles. The van der Waals surface area contributed by atoms with E-state index in [0.717, 1.165) is 24.3 Å². The largest absolute Gasteiger partial charge is 0.486 e. The topological polar surface area (TPSA) is 44.5 Å². The van der Waals surface area contributed by atoms with E-state index in [1.165, 1.54) is 0 Å². The Morgan fingerprint density at radius 2 is 2.06 bits per heavy atom. The number of para-hydroxylation sites is 2. The van der Waals surface area contributed by atoms with E-state index in [2.05, 4.69) is 6.92 Å². The van der Waals surface area contributed by atoms with Crippen molar-refractivity contribution < 1.29 is 9.47 Å². The smallest absolute Gasteiger partial charge is 0.161 e. The van der Waals surface area contributed by atoms with Crippen molar-refractivity contribution in [2.45, 2.75) is 38.3 Å². The monoisotopic (exact) mass is 221 g/mol. The zero-order valence-corrected chi connectivity index (χ0v) is 9.90. The van der Waals surface area contributed by atoms with Crippen LogP contribution in [-0.4, -0.2) is 18.2 Å². The van der Waals surface area contributed by atoms with Gasteiger partial charge in [-0.15, -0.1) is 0 Å². The summed E-state index contributed by atoms with van der Waals surface area (Å²) < 4.78 is 11.6. The predicted octanol–water partition coefficient (Wildman–Crippen LogP) is 2.34. The Morgan fingerprint density at radius 1 is 1.38 bits per heavy atom. The predicted molar refractivity (Wildman–Crippen MR) is 63.9 cm³/mol. The lowest BCUT2D eigenvalue weighted by molar-refractivity contribution is 0.0354. The highest BCUT2D eigenvalue weighted by molar-refractivity contribution is 5.41. The molecule has 2 rings (SSSR count). The van der Waals surface area contributed by atoms with E-state index in [1.54, 1.807) is 0 Å². The summed E-state index contributed by atoms with van der Waals surface area (Å²) in [7, 11) is 0. The lowest BCUT2D eigenvalue weighted by atomic mass is 9.90. The van der Waals surface area contributed by atoms with Gasteiger partial charge in [-0.05, 0) is 25.5 Å². The third-order valence-electron chi connectivity index (χ3n) is 3.03. The highest BCUT2D eigenvalue weighted by Gasteiger charge is 2.35. The van der Waals surface area contributed by atoms with Gasteiger partial charge in [-0.25, -0.2) is 0 Å². The van der Waals surface area contributed by atoms with E-state index in [0.29, 0.717) is 6.61 Å². The Morgan fingerprint density at radius 3 is 2.75 bits per heavy atom. The van der Waals surface area contributed by atoms with E-state index in [1.807, 2.05) is 31.2 Å². The molecule has 3 nitrogen and oxygen atoms in total. The summed E-state index contributed by atoms with van der Waals surface area (Å²) in [6.45, 7) is 4.69. The molecule has 0 amide bonds. The molecule has 2 unspecified atom stereocenters. The van der Waals surface area contributed by atoms with Crippen molar-refractivity contribution in [1.82, 2.24) is 0 Å². The van der Waals surface area contributed by atoms with Gasteiger partial charge in [-0.1, -0.05) is 25.5 Å². The average molecular weight is 221 g/mol. The van der Waals surface area contributed by atoms with Crippen molar-refractivity contribution in [3.63, 3.8) is 0 Å². The van der Waals surface area contributed by atoms with Crippen molar-refractivity contribution in [1.29, 1.82) is 0 Å². The van der Waals surface area contributed by atoms with Gasteiger partial charge in [0, 0.05) is 0 Å². The van der Waals surface area contributed by atoms with Gasteiger partial charge in [0.25, 0.3) is 0 Å². The fraction of sp³-hybridized carbons (Fsp3) is 0.538. The summed E-state index contributed by atoms with van der Waals surface area (Å²) in [5, 5.41) is 0. The molecule has 0 aliphatic carbocycles. The second-order valence-electron chi connectivity index (χ2n) is 4.62. The number of nitrogens with two attached hydrogens (primary N) is 1. The molecular formula is C13H19NO2. The van der Waals surface area contributed by atoms with E-state index in [-0.39, 0.29) is 11.6 Å². The minimum absolute atomic E-state index is 0.0673. The van der Waals surface area contributed by atoms with Crippen LogP contribution in [0.1, 0.15) is 26.7 Å². The zero-order valence-electron chi connectivity index (χ0n) is 9.90. The molecule has 16 heavy (non-hydrogen) atoms. The Hall–Kier alpha value is -1.22. The third-order valence-corrected chi connectivity index (χ3v) is 3.03. The van der Waals surface area contributed by atoms with Crippen LogP contribution < -0.4 is 15.2 Å².